The van der Waals surface area contributed by atoms with Gasteiger partial charge in [-0.05, 0) is 44.0 Å². The van der Waals surface area contributed by atoms with Crippen molar-refractivity contribution in [2.24, 2.45) is 0 Å². The molecule has 1 fully saturated rings. The van der Waals surface area contributed by atoms with E-state index in [1.807, 2.05) is 30.3 Å². The van der Waals surface area contributed by atoms with Crippen LogP contribution in [0.1, 0.15) is 39.6 Å². The Balaban J connectivity index is 1.67. The first kappa shape index (κ1) is 28.8. The van der Waals surface area contributed by atoms with E-state index >= 15 is 0 Å². The highest BCUT2D eigenvalue weighted by Gasteiger charge is 2.36. The molecule has 7 nitrogen and oxygen atoms in total. The molecular weight excluding hydrogens is 561 g/mol. The Bertz CT molecular complexity index is 1660. The molecule has 0 radical (unpaired) electrons. The third-order valence-electron chi connectivity index (χ3n) is 6.83. The normalized spacial score (nSPS) is 14.9. The summed E-state index contributed by atoms with van der Waals surface area (Å²) in [6.45, 7) is 4.24. The number of alkyl halides is 3. The van der Waals surface area contributed by atoms with Gasteiger partial charge in [0, 0.05) is 29.1 Å². The lowest BCUT2D eigenvalue weighted by Gasteiger charge is -2.21. The fourth-order valence-corrected chi connectivity index (χ4v) is 4.69. The number of carbonyl (C=O) groups excluding carboxylic acids is 1. The van der Waals surface area contributed by atoms with Crippen LogP contribution in [0.5, 0.6) is 17.4 Å². The number of aromatic nitrogens is 2. The summed E-state index contributed by atoms with van der Waals surface area (Å²) in [7, 11) is 0. The predicted molar refractivity (Wildman–Crippen MR) is 141 cm³/mol. The van der Waals surface area contributed by atoms with Crippen molar-refractivity contribution in [1.29, 1.82) is 0 Å². The minimum atomic E-state index is -4.75. The number of rotatable bonds is 7. The average molecular weight is 586 g/mol. The quantitative estimate of drug-likeness (QED) is 0.226. The van der Waals surface area contributed by atoms with Crippen molar-refractivity contribution in [1.82, 2.24) is 15.3 Å². The van der Waals surface area contributed by atoms with Gasteiger partial charge < -0.3 is 19.5 Å². The highest BCUT2D eigenvalue weighted by molar-refractivity contribution is 5.74. The Morgan fingerprint density at radius 2 is 1.76 bits per heavy atom. The Labute approximate surface area is 237 Å². The van der Waals surface area contributed by atoms with Crippen molar-refractivity contribution < 1.29 is 41.0 Å². The highest BCUT2D eigenvalue weighted by atomic mass is 19.4. The van der Waals surface area contributed by atoms with Crippen LogP contribution >= 0.6 is 0 Å². The van der Waals surface area contributed by atoms with E-state index in [0.717, 1.165) is 17.7 Å². The zero-order valence-corrected chi connectivity index (χ0v) is 22.6. The number of aryl methyl sites for hydroxylation is 1. The molecule has 1 N–H and O–H groups in total. The smallest absolute Gasteiger partial charge is 0.418 e. The van der Waals surface area contributed by atoms with Gasteiger partial charge in [0.15, 0.2) is 11.6 Å². The molecule has 218 valence electrons. The summed E-state index contributed by atoms with van der Waals surface area (Å²) in [6.07, 6.45) is -4.77. The summed E-state index contributed by atoms with van der Waals surface area (Å²) < 4.78 is 86.9. The van der Waals surface area contributed by atoms with Crippen LogP contribution < -0.4 is 14.8 Å². The molecule has 4 aromatic rings. The van der Waals surface area contributed by atoms with E-state index in [4.69, 9.17) is 14.2 Å². The minimum Gasteiger partial charge on any atom is -0.488 e. The van der Waals surface area contributed by atoms with E-state index in [2.05, 4.69) is 15.3 Å². The standard InChI is InChI=1S/C30H24F5N3O4/c1-15-19(30(33,34)35)12-36-28(42-23-10-9-20(31)27(32)16(23)2)25(15)21-11-24(40-13-18-7-5-4-6-8-18)26(17(3)37-21)22-14-41-29(39)38-22/h4-12,22H,13-14H2,1-3H3,(H,38,39). The second-order valence-electron chi connectivity index (χ2n) is 9.64. The lowest BCUT2D eigenvalue weighted by molar-refractivity contribution is -0.138. The van der Waals surface area contributed by atoms with E-state index in [0.29, 0.717) is 17.5 Å². The molecule has 1 saturated heterocycles. The number of amides is 1. The molecule has 0 saturated carbocycles. The number of pyridine rings is 2. The van der Waals surface area contributed by atoms with Crippen LogP contribution in [0.15, 0.2) is 54.7 Å². The van der Waals surface area contributed by atoms with Crippen LogP contribution in [0, 0.1) is 32.4 Å². The molecule has 2 aromatic carbocycles. The summed E-state index contributed by atoms with van der Waals surface area (Å²) in [6, 6.07) is 12.0. The van der Waals surface area contributed by atoms with Crippen molar-refractivity contribution in [3.05, 3.63) is 99.9 Å². The van der Waals surface area contributed by atoms with Crippen LogP contribution in [0.4, 0.5) is 26.7 Å². The molecule has 1 amide bonds. The van der Waals surface area contributed by atoms with Crippen LogP contribution in [0.2, 0.25) is 0 Å². The molecule has 1 atom stereocenters. The number of alkyl carbamates (subject to hydrolysis) is 1. The summed E-state index contributed by atoms with van der Waals surface area (Å²) >= 11 is 0. The number of carbonyl (C=O) groups is 1. The van der Waals surface area contributed by atoms with Gasteiger partial charge in [-0.3, -0.25) is 4.98 Å². The Morgan fingerprint density at radius 3 is 2.43 bits per heavy atom. The molecule has 2 aromatic heterocycles. The Morgan fingerprint density at radius 1 is 1.02 bits per heavy atom. The first-order valence-corrected chi connectivity index (χ1v) is 12.7. The van der Waals surface area contributed by atoms with Crippen molar-refractivity contribution >= 4 is 6.09 Å². The maximum Gasteiger partial charge on any atom is 0.418 e. The molecule has 0 spiro atoms. The molecule has 0 aliphatic carbocycles. The van der Waals surface area contributed by atoms with Gasteiger partial charge in [0.2, 0.25) is 5.88 Å². The molecule has 3 heterocycles. The summed E-state index contributed by atoms with van der Waals surface area (Å²) in [4.78, 5) is 20.3. The maximum atomic E-state index is 14.3. The average Bonchev–Trinajstić information content (AvgIpc) is 3.37. The first-order valence-electron chi connectivity index (χ1n) is 12.7. The van der Waals surface area contributed by atoms with Crippen molar-refractivity contribution in [2.45, 2.75) is 39.6 Å². The number of hydrogen-bond acceptors (Lipinski definition) is 6. The third kappa shape index (κ3) is 5.69. The minimum absolute atomic E-state index is 0.00366. The van der Waals surface area contributed by atoms with E-state index in [1.165, 1.54) is 19.9 Å². The van der Waals surface area contributed by atoms with Gasteiger partial charge in [-0.25, -0.2) is 18.6 Å². The van der Waals surface area contributed by atoms with Crippen LogP contribution in [0.3, 0.4) is 0 Å². The van der Waals surface area contributed by atoms with Crippen molar-refractivity contribution in [3.8, 4) is 28.6 Å². The Hall–Kier alpha value is -4.74. The van der Waals surface area contributed by atoms with Gasteiger partial charge in [0.05, 0.1) is 22.9 Å². The van der Waals surface area contributed by atoms with Gasteiger partial charge in [-0.2, -0.15) is 13.2 Å². The molecule has 1 unspecified atom stereocenters. The molecule has 5 rings (SSSR count). The van der Waals surface area contributed by atoms with Crippen molar-refractivity contribution in [3.63, 3.8) is 0 Å². The van der Waals surface area contributed by atoms with Crippen molar-refractivity contribution in [2.75, 3.05) is 6.61 Å². The predicted octanol–water partition coefficient (Wildman–Crippen LogP) is 7.52. The SMILES string of the molecule is Cc1nc(-c2c(Oc3ccc(F)c(F)c3C)ncc(C(F)(F)F)c2C)cc(OCc2ccccc2)c1C1COC(=O)N1. The zero-order chi connectivity index (χ0) is 30.2. The van der Waals surface area contributed by atoms with E-state index < -0.39 is 35.5 Å². The lowest BCUT2D eigenvalue weighted by atomic mass is 9.98. The first-order chi connectivity index (χ1) is 19.9. The second kappa shape index (κ2) is 11.3. The van der Waals surface area contributed by atoms with Gasteiger partial charge in [-0.15, -0.1) is 0 Å². The van der Waals surface area contributed by atoms with E-state index in [1.54, 1.807) is 6.92 Å². The van der Waals surface area contributed by atoms with Crippen LogP contribution in [-0.4, -0.2) is 22.7 Å². The summed E-state index contributed by atoms with van der Waals surface area (Å²) in [5, 5.41) is 2.68. The number of hydrogen-bond donors (Lipinski definition) is 1. The van der Waals surface area contributed by atoms with Gasteiger partial charge in [0.25, 0.3) is 0 Å². The number of nitrogens with one attached hydrogen (secondary N) is 1. The van der Waals surface area contributed by atoms with E-state index in [9.17, 15) is 26.7 Å². The molecule has 1 aliphatic heterocycles. The maximum absolute atomic E-state index is 14.3. The number of cyclic esters (lactones) is 1. The third-order valence-corrected chi connectivity index (χ3v) is 6.83. The zero-order valence-electron chi connectivity index (χ0n) is 22.6. The second-order valence-corrected chi connectivity index (χ2v) is 9.64. The van der Waals surface area contributed by atoms with Gasteiger partial charge >= 0.3 is 12.3 Å². The number of nitrogens with zero attached hydrogens (tertiary/aromatic N) is 2. The Kier molecular flexibility index (Phi) is 7.72. The molecular formula is C30H24F5N3O4. The molecule has 1 aliphatic rings. The van der Waals surface area contributed by atoms with Gasteiger partial charge in [-0.1, -0.05) is 30.3 Å². The molecule has 0 bridgehead atoms. The largest absolute Gasteiger partial charge is 0.488 e. The van der Waals surface area contributed by atoms with Gasteiger partial charge in [0.1, 0.15) is 24.7 Å². The van der Waals surface area contributed by atoms with E-state index in [-0.39, 0.29) is 53.0 Å². The van der Waals surface area contributed by atoms with Crippen LogP contribution in [0.25, 0.3) is 11.3 Å². The fraction of sp³-hybridized carbons (Fsp3) is 0.233. The number of ether oxygens (including phenoxy) is 3. The summed E-state index contributed by atoms with van der Waals surface area (Å²) in [5.74, 6) is -2.47. The molecule has 12 heteroatoms. The topological polar surface area (TPSA) is 82.6 Å². The number of halogens is 5. The molecule has 42 heavy (non-hydrogen) atoms. The summed E-state index contributed by atoms with van der Waals surface area (Å²) in [5.41, 5.74) is 0.0769. The van der Waals surface area contributed by atoms with Crippen LogP contribution in [-0.2, 0) is 17.5 Å². The fourth-order valence-electron chi connectivity index (χ4n) is 4.69. The monoisotopic (exact) mass is 585 g/mol. The highest BCUT2D eigenvalue weighted by Crippen LogP contribution is 2.43. The lowest BCUT2D eigenvalue weighted by Crippen LogP contribution is -2.21. The number of benzene rings is 2.